The summed E-state index contributed by atoms with van der Waals surface area (Å²) in [5.41, 5.74) is 1.24. The zero-order valence-electron chi connectivity index (χ0n) is 11.9. The van der Waals surface area contributed by atoms with Crippen LogP contribution in [0.25, 0.3) is 0 Å². The molecule has 0 saturated carbocycles. The van der Waals surface area contributed by atoms with Gasteiger partial charge in [0.25, 0.3) is 5.91 Å². The maximum absolute atomic E-state index is 12.5. The third-order valence-corrected chi connectivity index (χ3v) is 2.98. The number of carbonyl (C=O) groups excluding carboxylic acids is 1. The van der Waals surface area contributed by atoms with Crippen molar-refractivity contribution in [1.82, 2.24) is 4.90 Å². The zero-order valence-corrected chi connectivity index (χ0v) is 11.9. The lowest BCUT2D eigenvalue weighted by molar-refractivity contribution is 0.0680. The van der Waals surface area contributed by atoms with E-state index in [4.69, 9.17) is 0 Å². The van der Waals surface area contributed by atoms with Crippen molar-refractivity contribution in [3.63, 3.8) is 0 Å². The number of aromatic hydroxyl groups is 1. The molecule has 0 spiro atoms. The zero-order chi connectivity index (χ0) is 13.9. The van der Waals surface area contributed by atoms with Crippen LogP contribution in [0.1, 0.15) is 43.6 Å². The molecule has 18 heavy (non-hydrogen) atoms. The second kappa shape index (κ2) is 5.89. The number of hydrogen-bond donors (Lipinski definition) is 1. The molecule has 0 atom stereocenters. The normalized spacial score (nSPS) is 11.1. The molecule has 100 valence electrons. The van der Waals surface area contributed by atoms with Gasteiger partial charge in [-0.05, 0) is 38.8 Å². The highest BCUT2D eigenvalue weighted by molar-refractivity contribution is 5.96. The molecule has 0 fully saturated rings. The molecule has 0 unspecified atom stereocenters. The first kappa shape index (κ1) is 14.6. The van der Waals surface area contributed by atoms with Gasteiger partial charge in [0.15, 0.2) is 0 Å². The van der Waals surface area contributed by atoms with Crippen LogP contribution in [0.15, 0.2) is 18.2 Å². The number of hydrogen-bond acceptors (Lipinski definition) is 2. The van der Waals surface area contributed by atoms with Gasteiger partial charge >= 0.3 is 0 Å². The molecule has 0 aliphatic rings. The van der Waals surface area contributed by atoms with Gasteiger partial charge in [0.1, 0.15) is 5.75 Å². The van der Waals surface area contributed by atoms with Gasteiger partial charge in [-0.1, -0.05) is 19.9 Å². The molecule has 3 heteroatoms. The maximum Gasteiger partial charge on any atom is 0.254 e. The van der Waals surface area contributed by atoms with E-state index in [1.54, 1.807) is 25.1 Å². The number of carbonyl (C=O) groups is 1. The lowest BCUT2D eigenvalue weighted by atomic mass is 10.0. The fourth-order valence-electron chi connectivity index (χ4n) is 1.93. The average molecular weight is 249 g/mol. The van der Waals surface area contributed by atoms with Crippen LogP contribution in [0.3, 0.4) is 0 Å². The summed E-state index contributed by atoms with van der Waals surface area (Å²) < 4.78 is 0. The monoisotopic (exact) mass is 249 g/mol. The second-order valence-corrected chi connectivity index (χ2v) is 5.39. The predicted molar refractivity (Wildman–Crippen MR) is 73.9 cm³/mol. The summed E-state index contributed by atoms with van der Waals surface area (Å²) in [6.07, 6.45) is 0. The Morgan fingerprint density at radius 3 is 2.39 bits per heavy atom. The summed E-state index contributed by atoms with van der Waals surface area (Å²) in [7, 11) is 0. The van der Waals surface area contributed by atoms with E-state index < -0.39 is 0 Å². The van der Waals surface area contributed by atoms with Crippen molar-refractivity contribution in [2.75, 3.05) is 6.54 Å². The lowest BCUT2D eigenvalue weighted by Gasteiger charge is -2.29. The summed E-state index contributed by atoms with van der Waals surface area (Å²) in [5, 5.41) is 9.68. The van der Waals surface area contributed by atoms with Crippen LogP contribution >= 0.6 is 0 Å². The van der Waals surface area contributed by atoms with Crippen LogP contribution in [0.2, 0.25) is 0 Å². The molecule has 0 saturated heterocycles. The van der Waals surface area contributed by atoms with Crippen LogP contribution in [-0.2, 0) is 0 Å². The number of phenolic OH excluding ortho intramolecular Hbond substituents is 1. The van der Waals surface area contributed by atoms with E-state index in [1.807, 2.05) is 18.7 Å². The third-order valence-electron chi connectivity index (χ3n) is 2.98. The van der Waals surface area contributed by atoms with Crippen LogP contribution in [0.5, 0.6) is 5.75 Å². The highest BCUT2D eigenvalue weighted by atomic mass is 16.3. The fourth-order valence-corrected chi connectivity index (χ4v) is 1.93. The predicted octanol–water partition coefficient (Wildman–Crippen LogP) is 3.21. The summed E-state index contributed by atoms with van der Waals surface area (Å²) in [6, 6.07) is 5.24. The van der Waals surface area contributed by atoms with Crippen molar-refractivity contribution in [2.24, 2.45) is 5.92 Å². The van der Waals surface area contributed by atoms with Gasteiger partial charge in [-0.3, -0.25) is 4.79 Å². The molecule has 1 rings (SSSR count). The molecule has 0 heterocycles. The minimum atomic E-state index is -0.00731. The fraction of sp³-hybridized carbons (Fsp3) is 0.533. The van der Waals surface area contributed by atoms with Gasteiger partial charge in [0, 0.05) is 23.7 Å². The number of phenols is 1. The van der Waals surface area contributed by atoms with Gasteiger partial charge in [-0.15, -0.1) is 0 Å². The van der Waals surface area contributed by atoms with E-state index in [0.29, 0.717) is 17.0 Å². The minimum absolute atomic E-state index is 0.00731. The van der Waals surface area contributed by atoms with Crippen LogP contribution in [0.4, 0.5) is 0 Å². The first-order valence-corrected chi connectivity index (χ1v) is 6.44. The largest absolute Gasteiger partial charge is 0.508 e. The van der Waals surface area contributed by atoms with Crippen LogP contribution in [0, 0.1) is 12.8 Å². The lowest BCUT2D eigenvalue weighted by Crippen LogP contribution is -2.39. The van der Waals surface area contributed by atoms with Crippen molar-refractivity contribution in [3.05, 3.63) is 29.3 Å². The first-order valence-electron chi connectivity index (χ1n) is 6.44. The van der Waals surface area contributed by atoms with E-state index in [-0.39, 0.29) is 17.7 Å². The smallest absolute Gasteiger partial charge is 0.254 e. The van der Waals surface area contributed by atoms with Crippen LogP contribution < -0.4 is 0 Å². The Labute approximate surface area is 109 Å². The van der Waals surface area contributed by atoms with E-state index in [9.17, 15) is 9.90 Å². The van der Waals surface area contributed by atoms with Crippen molar-refractivity contribution in [3.8, 4) is 5.75 Å². The Kier molecular flexibility index (Phi) is 4.76. The molecular formula is C15H23NO2. The molecule has 3 nitrogen and oxygen atoms in total. The Morgan fingerprint density at radius 1 is 1.28 bits per heavy atom. The van der Waals surface area contributed by atoms with Gasteiger partial charge in [-0.2, -0.15) is 0 Å². The molecule has 1 N–H and O–H groups in total. The van der Waals surface area contributed by atoms with Crippen LogP contribution in [-0.4, -0.2) is 28.5 Å². The van der Waals surface area contributed by atoms with Crippen molar-refractivity contribution in [1.29, 1.82) is 0 Å². The number of nitrogens with zero attached hydrogens (tertiary/aromatic N) is 1. The van der Waals surface area contributed by atoms with Gasteiger partial charge in [0.05, 0.1) is 0 Å². The average Bonchev–Trinajstić information content (AvgIpc) is 2.28. The quantitative estimate of drug-likeness (QED) is 0.890. The standard InChI is InChI=1S/C15H23NO2/c1-10(2)9-16(11(3)4)15(18)13-7-6-8-14(17)12(13)5/h6-8,10-11,17H,9H2,1-5H3. The van der Waals surface area contributed by atoms with E-state index >= 15 is 0 Å². The molecule has 1 aromatic carbocycles. The van der Waals surface area contributed by atoms with Crippen molar-refractivity contribution >= 4 is 5.91 Å². The maximum atomic E-state index is 12.5. The van der Waals surface area contributed by atoms with Gasteiger partial charge < -0.3 is 10.0 Å². The topological polar surface area (TPSA) is 40.5 Å². The van der Waals surface area contributed by atoms with Gasteiger partial charge in [0.2, 0.25) is 0 Å². The summed E-state index contributed by atoms with van der Waals surface area (Å²) in [4.78, 5) is 14.4. The van der Waals surface area contributed by atoms with Crippen molar-refractivity contribution in [2.45, 2.75) is 40.7 Å². The first-order chi connectivity index (χ1) is 8.34. The summed E-state index contributed by atoms with van der Waals surface area (Å²) in [5.74, 6) is 0.593. The van der Waals surface area contributed by atoms with E-state index in [1.165, 1.54) is 0 Å². The molecule has 1 amide bonds. The summed E-state index contributed by atoms with van der Waals surface area (Å²) >= 11 is 0. The number of amides is 1. The van der Waals surface area contributed by atoms with E-state index in [2.05, 4.69) is 13.8 Å². The number of benzene rings is 1. The second-order valence-electron chi connectivity index (χ2n) is 5.39. The highest BCUT2D eigenvalue weighted by Gasteiger charge is 2.21. The molecule has 0 aromatic heterocycles. The molecule has 0 bridgehead atoms. The van der Waals surface area contributed by atoms with Gasteiger partial charge in [-0.25, -0.2) is 0 Å². The molecule has 0 aliphatic carbocycles. The van der Waals surface area contributed by atoms with Crippen molar-refractivity contribution < 1.29 is 9.90 Å². The third kappa shape index (κ3) is 3.25. The Hall–Kier alpha value is -1.51. The highest BCUT2D eigenvalue weighted by Crippen LogP contribution is 2.22. The Bertz CT molecular complexity index is 425. The molecule has 0 radical (unpaired) electrons. The Balaban J connectivity index is 3.06. The molecule has 0 aliphatic heterocycles. The molecular weight excluding hydrogens is 226 g/mol. The summed E-state index contributed by atoms with van der Waals surface area (Å²) in [6.45, 7) is 10.7. The Morgan fingerprint density at radius 2 is 1.89 bits per heavy atom. The SMILES string of the molecule is Cc1c(O)cccc1C(=O)N(CC(C)C)C(C)C. The molecule has 1 aromatic rings. The minimum Gasteiger partial charge on any atom is -0.508 e. The van der Waals surface area contributed by atoms with E-state index in [0.717, 1.165) is 6.54 Å². The number of rotatable bonds is 4.